The van der Waals surface area contributed by atoms with Crippen LogP contribution in [0.1, 0.15) is 18.9 Å². The summed E-state index contributed by atoms with van der Waals surface area (Å²) in [5, 5.41) is 8.28. The third kappa shape index (κ3) is 4.85. The molecule has 0 aliphatic rings. The van der Waals surface area contributed by atoms with E-state index in [0.29, 0.717) is 24.3 Å². The second kappa shape index (κ2) is 6.29. The lowest BCUT2D eigenvalue weighted by Gasteiger charge is -2.06. The van der Waals surface area contributed by atoms with Gasteiger partial charge in [0.15, 0.2) is 0 Å². The summed E-state index contributed by atoms with van der Waals surface area (Å²) in [4.78, 5) is 0. The Kier molecular flexibility index (Phi) is 5.32. The van der Waals surface area contributed by atoms with E-state index in [9.17, 15) is 0 Å². The van der Waals surface area contributed by atoms with Gasteiger partial charge in [0.05, 0.1) is 19.3 Å². The fourth-order valence-electron chi connectivity index (χ4n) is 0.794. The number of ether oxygens (including phenoxy) is 2. The molecule has 0 amide bonds. The van der Waals surface area contributed by atoms with Gasteiger partial charge in [-0.15, -0.1) is 10.2 Å². The van der Waals surface area contributed by atoms with Crippen molar-refractivity contribution in [1.82, 2.24) is 10.2 Å². The first kappa shape index (κ1) is 11.8. The van der Waals surface area contributed by atoms with E-state index in [0.717, 1.165) is 5.01 Å². The minimum absolute atomic E-state index is 0.245. The molecule has 1 aromatic rings. The summed E-state index contributed by atoms with van der Waals surface area (Å²) in [5.41, 5.74) is 0. The van der Waals surface area contributed by atoms with Gasteiger partial charge >= 0.3 is 0 Å². The molecule has 0 saturated heterocycles. The van der Waals surface area contributed by atoms with Crippen molar-refractivity contribution < 1.29 is 9.47 Å². The Morgan fingerprint density at radius 3 is 2.71 bits per heavy atom. The highest BCUT2D eigenvalue weighted by Gasteiger charge is 2.01. The van der Waals surface area contributed by atoms with Crippen LogP contribution in [0.2, 0.25) is 4.47 Å². The van der Waals surface area contributed by atoms with Gasteiger partial charge in [-0.05, 0) is 25.4 Å². The van der Waals surface area contributed by atoms with Crippen molar-refractivity contribution in [3.05, 3.63) is 9.47 Å². The Morgan fingerprint density at radius 2 is 2.14 bits per heavy atom. The molecular weight excluding hydrogens is 224 g/mol. The van der Waals surface area contributed by atoms with E-state index in [1.54, 1.807) is 0 Å². The molecule has 0 atom stereocenters. The molecule has 4 nitrogen and oxygen atoms in total. The van der Waals surface area contributed by atoms with Crippen molar-refractivity contribution in [2.45, 2.75) is 26.6 Å². The Hall–Kier alpha value is -0.230. The molecule has 0 spiro atoms. The zero-order valence-electron chi connectivity index (χ0n) is 8.20. The number of rotatable bonds is 6. The molecule has 0 aliphatic heterocycles. The third-order valence-electron chi connectivity index (χ3n) is 1.35. The maximum atomic E-state index is 5.61. The van der Waals surface area contributed by atoms with E-state index in [1.807, 2.05) is 13.8 Å². The van der Waals surface area contributed by atoms with Gasteiger partial charge in [0, 0.05) is 0 Å². The maximum absolute atomic E-state index is 5.61. The highest BCUT2D eigenvalue weighted by Crippen LogP contribution is 2.15. The molecule has 0 fully saturated rings. The lowest BCUT2D eigenvalue weighted by Crippen LogP contribution is -2.09. The van der Waals surface area contributed by atoms with Crippen LogP contribution in [0.5, 0.6) is 0 Å². The minimum atomic E-state index is 0.245. The molecule has 80 valence electrons. The average Bonchev–Trinajstić information content (AvgIpc) is 2.50. The molecule has 0 N–H and O–H groups in total. The third-order valence-corrected chi connectivity index (χ3v) is 2.34. The Morgan fingerprint density at radius 1 is 1.36 bits per heavy atom. The Bertz CT molecular complexity index is 268. The normalized spacial score (nSPS) is 11.1. The quantitative estimate of drug-likeness (QED) is 0.710. The molecule has 14 heavy (non-hydrogen) atoms. The predicted molar refractivity (Wildman–Crippen MR) is 55.7 cm³/mol. The van der Waals surface area contributed by atoms with Gasteiger partial charge in [-0.1, -0.05) is 11.3 Å². The van der Waals surface area contributed by atoms with Crippen molar-refractivity contribution in [1.29, 1.82) is 0 Å². The lowest BCUT2D eigenvalue weighted by molar-refractivity contribution is 0.0141. The number of aromatic nitrogens is 2. The van der Waals surface area contributed by atoms with Crippen molar-refractivity contribution in [2.75, 3.05) is 13.2 Å². The SMILES string of the molecule is CC(C)OCCOCc1nnc(Cl)s1. The highest BCUT2D eigenvalue weighted by atomic mass is 35.5. The van der Waals surface area contributed by atoms with Crippen LogP contribution in [-0.4, -0.2) is 29.5 Å². The number of nitrogens with zero attached hydrogens (tertiary/aromatic N) is 2. The van der Waals surface area contributed by atoms with E-state index in [-0.39, 0.29) is 6.10 Å². The summed E-state index contributed by atoms with van der Waals surface area (Å²) in [5.74, 6) is 0. The fourth-order valence-corrected chi connectivity index (χ4v) is 1.60. The van der Waals surface area contributed by atoms with Gasteiger partial charge < -0.3 is 9.47 Å². The van der Waals surface area contributed by atoms with E-state index in [4.69, 9.17) is 21.1 Å². The summed E-state index contributed by atoms with van der Waals surface area (Å²) >= 11 is 6.94. The van der Waals surface area contributed by atoms with Gasteiger partial charge in [-0.3, -0.25) is 0 Å². The van der Waals surface area contributed by atoms with Gasteiger partial charge in [0.25, 0.3) is 0 Å². The van der Waals surface area contributed by atoms with E-state index >= 15 is 0 Å². The van der Waals surface area contributed by atoms with Crippen LogP contribution in [0.15, 0.2) is 0 Å². The second-order valence-corrected chi connectivity index (χ2v) is 4.57. The van der Waals surface area contributed by atoms with E-state index in [2.05, 4.69) is 10.2 Å². The predicted octanol–water partition coefficient (Wildman–Crippen LogP) is 2.13. The van der Waals surface area contributed by atoms with Gasteiger partial charge in [-0.2, -0.15) is 0 Å². The zero-order chi connectivity index (χ0) is 10.4. The minimum Gasteiger partial charge on any atom is -0.376 e. The number of hydrogen-bond acceptors (Lipinski definition) is 5. The number of halogens is 1. The number of hydrogen-bond donors (Lipinski definition) is 0. The summed E-state index contributed by atoms with van der Waals surface area (Å²) in [6.45, 7) is 5.60. The van der Waals surface area contributed by atoms with E-state index in [1.165, 1.54) is 11.3 Å². The highest BCUT2D eigenvalue weighted by molar-refractivity contribution is 7.15. The standard InChI is InChI=1S/C8H13ClN2O2S/c1-6(2)13-4-3-12-5-7-10-11-8(9)14-7/h6H,3-5H2,1-2H3. The van der Waals surface area contributed by atoms with Crippen molar-refractivity contribution in [3.8, 4) is 0 Å². The van der Waals surface area contributed by atoms with E-state index < -0.39 is 0 Å². The van der Waals surface area contributed by atoms with Crippen molar-refractivity contribution >= 4 is 22.9 Å². The van der Waals surface area contributed by atoms with Crippen LogP contribution in [0.3, 0.4) is 0 Å². The fraction of sp³-hybridized carbons (Fsp3) is 0.750. The molecule has 0 saturated carbocycles. The van der Waals surface area contributed by atoms with Crippen molar-refractivity contribution in [3.63, 3.8) is 0 Å². The average molecular weight is 237 g/mol. The molecule has 1 rings (SSSR count). The van der Waals surface area contributed by atoms with Crippen LogP contribution in [0, 0.1) is 0 Å². The first-order chi connectivity index (χ1) is 6.68. The second-order valence-electron chi connectivity index (χ2n) is 2.92. The topological polar surface area (TPSA) is 44.2 Å². The Labute approximate surface area is 92.2 Å². The molecule has 0 bridgehead atoms. The molecule has 0 radical (unpaired) electrons. The Balaban J connectivity index is 2.04. The summed E-state index contributed by atoms with van der Waals surface area (Å²) in [7, 11) is 0. The first-order valence-corrected chi connectivity index (χ1v) is 5.55. The van der Waals surface area contributed by atoms with Crippen LogP contribution in [0.25, 0.3) is 0 Å². The van der Waals surface area contributed by atoms with Gasteiger partial charge in [-0.25, -0.2) is 0 Å². The largest absolute Gasteiger partial charge is 0.376 e. The van der Waals surface area contributed by atoms with Crippen LogP contribution < -0.4 is 0 Å². The molecule has 1 aromatic heterocycles. The van der Waals surface area contributed by atoms with Gasteiger partial charge in [0.1, 0.15) is 11.6 Å². The summed E-state index contributed by atoms with van der Waals surface area (Å²) in [6.07, 6.45) is 0.245. The molecule has 0 unspecified atom stereocenters. The van der Waals surface area contributed by atoms with Gasteiger partial charge in [0.2, 0.25) is 4.47 Å². The summed E-state index contributed by atoms with van der Waals surface area (Å²) < 4.78 is 11.1. The van der Waals surface area contributed by atoms with Crippen LogP contribution in [0.4, 0.5) is 0 Å². The molecule has 6 heteroatoms. The van der Waals surface area contributed by atoms with Crippen LogP contribution >= 0.6 is 22.9 Å². The zero-order valence-corrected chi connectivity index (χ0v) is 9.77. The molecular formula is C8H13ClN2O2S. The monoisotopic (exact) mass is 236 g/mol. The first-order valence-electron chi connectivity index (χ1n) is 4.35. The summed E-state index contributed by atoms with van der Waals surface area (Å²) in [6, 6.07) is 0. The molecule has 1 heterocycles. The molecule has 0 aromatic carbocycles. The van der Waals surface area contributed by atoms with Crippen LogP contribution in [-0.2, 0) is 16.1 Å². The molecule has 0 aliphatic carbocycles. The maximum Gasteiger partial charge on any atom is 0.207 e. The van der Waals surface area contributed by atoms with Crippen molar-refractivity contribution in [2.24, 2.45) is 0 Å². The lowest BCUT2D eigenvalue weighted by atomic mass is 10.5. The smallest absolute Gasteiger partial charge is 0.207 e.